The molecule has 2 aromatic carbocycles. The van der Waals surface area contributed by atoms with Crippen molar-refractivity contribution in [2.75, 3.05) is 13.2 Å². The molecule has 1 aliphatic heterocycles. The number of rotatable bonds is 6. The number of benzene rings is 2. The average Bonchev–Trinajstić information content (AvgIpc) is 3.38. The number of ketones is 1. The topological polar surface area (TPSA) is 46.6 Å². The third kappa shape index (κ3) is 7.23. The number of carbonyl (C=O) groups excluding carboxylic acids is 2. The predicted molar refractivity (Wildman–Crippen MR) is 137 cm³/mol. The molecule has 1 heterocycles. The smallest absolute Gasteiger partial charge is 0.290 e. The molecule has 2 fully saturated rings. The summed E-state index contributed by atoms with van der Waals surface area (Å²) in [5.41, 5.74) is 2.55. The molecule has 1 atom stereocenters. The second-order valence-electron chi connectivity index (χ2n) is 8.76. The molecular weight excluding hydrogens is 430 g/mol. The average molecular weight is 466 g/mol. The number of ether oxygens (including phenoxy) is 1. The molecule has 4 nitrogen and oxygen atoms in total. The largest absolute Gasteiger partial charge is 0.485 e. The van der Waals surface area contributed by atoms with E-state index in [-0.39, 0.29) is 23.7 Å². The van der Waals surface area contributed by atoms with Crippen LogP contribution in [0.4, 0.5) is 0 Å². The summed E-state index contributed by atoms with van der Waals surface area (Å²) in [4.78, 5) is 26.5. The number of nitrogens with zero attached hydrogens (tertiary/aromatic N) is 1. The minimum atomic E-state index is -0.341. The molecular formula is C28H35NO3S. The Morgan fingerprint density at radius 1 is 0.879 bits per heavy atom. The van der Waals surface area contributed by atoms with Crippen LogP contribution in [0.1, 0.15) is 58.3 Å². The summed E-state index contributed by atoms with van der Waals surface area (Å²) in [6.45, 7) is 3.22. The van der Waals surface area contributed by atoms with Crippen molar-refractivity contribution in [2.24, 2.45) is 5.92 Å². The van der Waals surface area contributed by atoms with Gasteiger partial charge in [-0.2, -0.15) is 0 Å². The van der Waals surface area contributed by atoms with Gasteiger partial charge < -0.3 is 9.64 Å². The first-order valence-corrected chi connectivity index (χ1v) is 12.6. The Balaban J connectivity index is 0.000000215. The summed E-state index contributed by atoms with van der Waals surface area (Å²) in [6.07, 6.45) is 7.62. The molecule has 33 heavy (non-hydrogen) atoms. The number of thiocarbonyl (C=S) groups is 1. The first-order valence-electron chi connectivity index (χ1n) is 12.2. The third-order valence-corrected chi connectivity index (χ3v) is 6.69. The minimum absolute atomic E-state index is 0.0716. The van der Waals surface area contributed by atoms with E-state index >= 15 is 0 Å². The van der Waals surface area contributed by atoms with E-state index in [1.807, 2.05) is 19.1 Å². The lowest BCUT2D eigenvalue weighted by Crippen LogP contribution is -2.46. The maximum Gasteiger partial charge on any atom is 0.290 e. The molecule has 0 unspecified atom stereocenters. The summed E-state index contributed by atoms with van der Waals surface area (Å²) >= 11 is 5.29. The van der Waals surface area contributed by atoms with E-state index < -0.39 is 0 Å². The van der Waals surface area contributed by atoms with Crippen LogP contribution >= 0.6 is 12.2 Å². The normalized spacial score (nSPS) is 18.2. The van der Waals surface area contributed by atoms with Crippen LogP contribution in [0.3, 0.4) is 0 Å². The molecule has 1 saturated heterocycles. The van der Waals surface area contributed by atoms with E-state index in [0.29, 0.717) is 18.2 Å². The number of hydrogen-bond acceptors (Lipinski definition) is 4. The minimum Gasteiger partial charge on any atom is -0.485 e. The number of amides is 1. The summed E-state index contributed by atoms with van der Waals surface area (Å²) in [5.74, 6) is -0.621. The van der Waals surface area contributed by atoms with Gasteiger partial charge in [0.05, 0.1) is 6.61 Å². The molecule has 0 bridgehead atoms. The fourth-order valence-electron chi connectivity index (χ4n) is 4.50. The first-order chi connectivity index (χ1) is 16.1. The van der Waals surface area contributed by atoms with Crippen molar-refractivity contribution in [3.8, 4) is 11.1 Å². The lowest BCUT2D eigenvalue weighted by molar-refractivity contribution is -0.147. The SMILES string of the molecule is CCCOC(=S)[C@@H]1CCCN1C(=O)C(=O)C1CCCCC1.c1ccc(-c2ccccc2)cc1. The Morgan fingerprint density at radius 3 is 2.00 bits per heavy atom. The second-order valence-corrected chi connectivity index (χ2v) is 9.16. The van der Waals surface area contributed by atoms with Crippen LogP contribution in [-0.2, 0) is 14.3 Å². The van der Waals surface area contributed by atoms with E-state index in [1.165, 1.54) is 17.5 Å². The zero-order valence-corrected chi connectivity index (χ0v) is 20.4. The van der Waals surface area contributed by atoms with E-state index in [9.17, 15) is 9.59 Å². The predicted octanol–water partition coefficient (Wildman–Crippen LogP) is 6.23. The van der Waals surface area contributed by atoms with Crippen LogP contribution in [0.15, 0.2) is 60.7 Å². The summed E-state index contributed by atoms with van der Waals surface area (Å²) in [5, 5.41) is 0.471. The molecule has 0 N–H and O–H groups in total. The molecule has 1 amide bonds. The van der Waals surface area contributed by atoms with Crippen molar-refractivity contribution in [3.63, 3.8) is 0 Å². The van der Waals surface area contributed by atoms with Gasteiger partial charge in [0, 0.05) is 12.5 Å². The standard InChI is InChI=1S/C16H25NO3S.C12H10/c1-2-11-20-16(21)13-9-6-10-17(13)15(19)14(18)12-7-4-3-5-8-12;1-3-7-11(8-4-1)12-9-5-2-6-10-12/h12-13H,2-11H2,1H3;1-10H/t13-;/m0./s1. The molecule has 2 aromatic rings. The monoisotopic (exact) mass is 465 g/mol. The molecule has 0 aromatic heterocycles. The third-order valence-electron chi connectivity index (χ3n) is 6.30. The molecule has 4 rings (SSSR count). The van der Waals surface area contributed by atoms with Gasteiger partial charge in [-0.1, -0.05) is 86.8 Å². The zero-order valence-electron chi connectivity index (χ0n) is 19.6. The lowest BCUT2D eigenvalue weighted by atomic mass is 9.86. The highest BCUT2D eigenvalue weighted by molar-refractivity contribution is 7.80. The Labute approximate surface area is 203 Å². The van der Waals surface area contributed by atoms with Crippen molar-refractivity contribution < 1.29 is 14.3 Å². The number of carbonyl (C=O) groups is 2. The fraction of sp³-hybridized carbons (Fsp3) is 0.464. The van der Waals surface area contributed by atoms with Crippen LogP contribution < -0.4 is 0 Å². The molecule has 2 aliphatic rings. The first kappa shape index (κ1) is 25.1. The van der Waals surface area contributed by atoms with Gasteiger partial charge in [0.2, 0.25) is 5.78 Å². The van der Waals surface area contributed by atoms with Crippen LogP contribution in [0, 0.1) is 5.92 Å². The number of hydrogen-bond donors (Lipinski definition) is 0. The number of Topliss-reactive ketones (excluding diaryl/α,β-unsaturated/α-hetero) is 1. The van der Waals surface area contributed by atoms with E-state index in [1.54, 1.807) is 4.90 Å². The highest BCUT2D eigenvalue weighted by Gasteiger charge is 2.38. The summed E-state index contributed by atoms with van der Waals surface area (Å²) in [7, 11) is 0. The van der Waals surface area contributed by atoms with Crippen molar-refractivity contribution in [2.45, 2.75) is 64.3 Å². The van der Waals surface area contributed by atoms with Crippen molar-refractivity contribution in [1.82, 2.24) is 4.90 Å². The molecule has 1 saturated carbocycles. The number of likely N-dealkylation sites (tertiary alicyclic amines) is 1. The van der Waals surface area contributed by atoms with Crippen molar-refractivity contribution in [3.05, 3.63) is 60.7 Å². The highest BCUT2D eigenvalue weighted by atomic mass is 32.1. The Bertz CT molecular complexity index is 856. The van der Waals surface area contributed by atoms with Crippen LogP contribution in [0.5, 0.6) is 0 Å². The van der Waals surface area contributed by atoms with Crippen molar-refractivity contribution >= 4 is 29.0 Å². The lowest BCUT2D eigenvalue weighted by Gasteiger charge is -2.27. The van der Waals surface area contributed by atoms with Gasteiger partial charge >= 0.3 is 0 Å². The van der Waals surface area contributed by atoms with Gasteiger partial charge in [0.25, 0.3) is 5.91 Å². The Kier molecular flexibility index (Phi) is 10.1. The van der Waals surface area contributed by atoms with Gasteiger partial charge in [0.15, 0.2) is 5.05 Å². The second kappa shape index (κ2) is 13.2. The molecule has 5 heteroatoms. The van der Waals surface area contributed by atoms with Crippen LogP contribution in [0.2, 0.25) is 0 Å². The molecule has 1 aliphatic carbocycles. The van der Waals surface area contributed by atoms with Crippen LogP contribution in [-0.4, -0.2) is 40.8 Å². The van der Waals surface area contributed by atoms with Gasteiger partial charge in [-0.25, -0.2) is 0 Å². The van der Waals surface area contributed by atoms with Crippen LogP contribution in [0.25, 0.3) is 11.1 Å². The highest BCUT2D eigenvalue weighted by Crippen LogP contribution is 2.27. The molecule has 0 spiro atoms. The summed E-state index contributed by atoms with van der Waals surface area (Å²) < 4.78 is 5.51. The van der Waals surface area contributed by atoms with Gasteiger partial charge in [-0.05, 0) is 55.4 Å². The van der Waals surface area contributed by atoms with E-state index in [0.717, 1.165) is 44.9 Å². The maximum atomic E-state index is 12.5. The molecule has 0 radical (unpaired) electrons. The maximum absolute atomic E-state index is 12.5. The van der Waals surface area contributed by atoms with Gasteiger partial charge in [-0.3, -0.25) is 9.59 Å². The zero-order chi connectivity index (χ0) is 23.5. The summed E-state index contributed by atoms with van der Waals surface area (Å²) in [6, 6.07) is 20.6. The Hall–Kier alpha value is -2.53. The van der Waals surface area contributed by atoms with Crippen molar-refractivity contribution in [1.29, 1.82) is 0 Å². The Morgan fingerprint density at radius 2 is 1.45 bits per heavy atom. The van der Waals surface area contributed by atoms with E-state index in [4.69, 9.17) is 17.0 Å². The van der Waals surface area contributed by atoms with E-state index in [2.05, 4.69) is 48.5 Å². The van der Waals surface area contributed by atoms with Gasteiger partial charge in [-0.15, -0.1) is 0 Å². The molecule has 176 valence electrons. The fourth-order valence-corrected chi connectivity index (χ4v) is 4.82. The van der Waals surface area contributed by atoms with Gasteiger partial charge in [0.1, 0.15) is 6.04 Å². The quantitative estimate of drug-likeness (QED) is 0.374.